The van der Waals surface area contributed by atoms with Crippen molar-refractivity contribution in [2.24, 2.45) is 0 Å². The Morgan fingerprint density at radius 3 is 2.65 bits per heavy atom. The van der Waals surface area contributed by atoms with Crippen LogP contribution in [0.25, 0.3) is 5.65 Å². The van der Waals surface area contributed by atoms with Gasteiger partial charge >= 0.3 is 0 Å². The van der Waals surface area contributed by atoms with E-state index in [9.17, 15) is 14.3 Å². The molecular formula is C18H13FN2O2. The molecule has 2 heterocycles. The lowest BCUT2D eigenvalue weighted by Gasteiger charge is -2.06. The first kappa shape index (κ1) is 14.9. The molecule has 4 nitrogen and oxygen atoms in total. The zero-order valence-corrected chi connectivity index (χ0v) is 12.3. The van der Waals surface area contributed by atoms with Gasteiger partial charge in [0, 0.05) is 23.5 Å². The average molecular weight is 308 g/mol. The van der Waals surface area contributed by atoms with E-state index >= 15 is 0 Å². The molecule has 1 N–H and O–H groups in total. The van der Waals surface area contributed by atoms with E-state index < -0.39 is 6.10 Å². The molecule has 0 saturated carbocycles. The number of pyridine rings is 1. The number of rotatable bonds is 1. The highest BCUT2D eigenvalue weighted by molar-refractivity contribution is 5.50. The number of hydrogen-bond acceptors (Lipinski definition) is 3. The molecule has 0 amide bonds. The molecule has 5 heteroatoms. The maximum Gasteiger partial charge on any atom is 0.263 e. The quantitative estimate of drug-likeness (QED) is 0.702. The van der Waals surface area contributed by atoms with Crippen molar-refractivity contribution >= 4 is 5.65 Å². The van der Waals surface area contributed by atoms with Crippen molar-refractivity contribution in [1.82, 2.24) is 9.38 Å². The van der Waals surface area contributed by atoms with E-state index in [1.165, 1.54) is 29.7 Å². The van der Waals surface area contributed by atoms with Crippen molar-refractivity contribution in [2.45, 2.75) is 13.0 Å². The van der Waals surface area contributed by atoms with Gasteiger partial charge in [-0.25, -0.2) is 9.37 Å². The zero-order valence-electron chi connectivity index (χ0n) is 12.3. The van der Waals surface area contributed by atoms with Gasteiger partial charge in [0.2, 0.25) is 0 Å². The summed E-state index contributed by atoms with van der Waals surface area (Å²) in [5, 5.41) is 9.54. The van der Waals surface area contributed by atoms with Gasteiger partial charge in [-0.2, -0.15) is 0 Å². The van der Waals surface area contributed by atoms with E-state index in [1.807, 2.05) is 0 Å². The van der Waals surface area contributed by atoms with Gasteiger partial charge in [-0.05, 0) is 37.3 Å². The molecule has 3 aromatic rings. The lowest BCUT2D eigenvalue weighted by molar-refractivity contribution is 0.197. The Hall–Kier alpha value is -2.97. The molecule has 0 saturated heterocycles. The summed E-state index contributed by atoms with van der Waals surface area (Å²) in [7, 11) is 0. The molecule has 0 aliphatic heterocycles. The Kier molecular flexibility index (Phi) is 3.92. The molecular weight excluding hydrogens is 295 g/mol. The Morgan fingerprint density at radius 2 is 1.96 bits per heavy atom. The third-order valence-electron chi connectivity index (χ3n) is 3.36. The maximum absolute atomic E-state index is 13.1. The van der Waals surface area contributed by atoms with Gasteiger partial charge in [-0.3, -0.25) is 9.20 Å². The van der Waals surface area contributed by atoms with E-state index in [2.05, 4.69) is 16.8 Å². The second-order valence-electron chi connectivity index (χ2n) is 5.10. The van der Waals surface area contributed by atoms with Crippen molar-refractivity contribution in [3.05, 3.63) is 81.7 Å². The summed E-state index contributed by atoms with van der Waals surface area (Å²) >= 11 is 0. The predicted molar refractivity (Wildman–Crippen MR) is 84.5 cm³/mol. The van der Waals surface area contributed by atoms with Gasteiger partial charge in [-0.1, -0.05) is 17.9 Å². The number of aromatic nitrogens is 2. The van der Waals surface area contributed by atoms with Gasteiger partial charge in [-0.15, -0.1) is 0 Å². The largest absolute Gasteiger partial charge is 0.388 e. The lowest BCUT2D eigenvalue weighted by Crippen LogP contribution is -2.20. The molecule has 23 heavy (non-hydrogen) atoms. The molecule has 2 aromatic heterocycles. The van der Waals surface area contributed by atoms with Gasteiger partial charge in [0.15, 0.2) is 0 Å². The molecule has 0 bridgehead atoms. The fourth-order valence-electron chi connectivity index (χ4n) is 2.16. The Bertz CT molecular complexity index is 997. The SMILES string of the molecule is CC(O)c1cnc2cc(C#Cc3cccc(F)c3)ccn2c1=O. The fourth-order valence-corrected chi connectivity index (χ4v) is 2.16. The number of nitrogens with zero attached hydrogens (tertiary/aromatic N) is 2. The summed E-state index contributed by atoms with van der Waals surface area (Å²) in [5.74, 6) is 5.44. The normalized spacial score (nSPS) is 11.8. The van der Waals surface area contributed by atoms with Gasteiger partial charge in [0.05, 0.1) is 11.7 Å². The van der Waals surface area contributed by atoms with Crippen LogP contribution < -0.4 is 5.56 Å². The number of aliphatic hydroxyl groups is 1. The maximum atomic E-state index is 13.1. The van der Waals surface area contributed by atoms with Crippen LogP contribution in [0.1, 0.15) is 29.7 Å². The van der Waals surface area contributed by atoms with Gasteiger partial charge < -0.3 is 5.11 Å². The van der Waals surface area contributed by atoms with Crippen LogP contribution in [0.2, 0.25) is 0 Å². The van der Waals surface area contributed by atoms with Crippen LogP contribution in [-0.4, -0.2) is 14.5 Å². The van der Waals surface area contributed by atoms with Crippen LogP contribution in [0.15, 0.2) is 53.6 Å². The predicted octanol–water partition coefficient (Wildman–Crippen LogP) is 2.29. The Morgan fingerprint density at radius 1 is 1.22 bits per heavy atom. The van der Waals surface area contributed by atoms with Crippen molar-refractivity contribution < 1.29 is 9.50 Å². The minimum Gasteiger partial charge on any atom is -0.388 e. The minimum atomic E-state index is -0.876. The molecule has 0 spiro atoms. The van der Waals surface area contributed by atoms with Crippen molar-refractivity contribution in [3.63, 3.8) is 0 Å². The number of benzene rings is 1. The van der Waals surface area contributed by atoms with E-state index in [0.717, 1.165) is 0 Å². The molecule has 114 valence electrons. The third kappa shape index (κ3) is 3.12. The highest BCUT2D eigenvalue weighted by Gasteiger charge is 2.09. The van der Waals surface area contributed by atoms with E-state index in [-0.39, 0.29) is 16.9 Å². The summed E-state index contributed by atoms with van der Waals surface area (Å²) < 4.78 is 14.5. The van der Waals surface area contributed by atoms with Crippen LogP contribution in [0.4, 0.5) is 4.39 Å². The monoisotopic (exact) mass is 308 g/mol. The van der Waals surface area contributed by atoms with E-state index in [4.69, 9.17) is 0 Å². The second kappa shape index (κ2) is 6.03. The molecule has 1 atom stereocenters. The molecule has 0 aliphatic carbocycles. The first-order valence-electron chi connectivity index (χ1n) is 7.01. The zero-order chi connectivity index (χ0) is 16.4. The van der Waals surface area contributed by atoms with Gasteiger partial charge in [0.25, 0.3) is 5.56 Å². The summed E-state index contributed by atoms with van der Waals surface area (Å²) in [6.45, 7) is 1.52. The van der Waals surface area contributed by atoms with Crippen LogP contribution in [-0.2, 0) is 0 Å². The van der Waals surface area contributed by atoms with Crippen LogP contribution >= 0.6 is 0 Å². The molecule has 0 radical (unpaired) electrons. The summed E-state index contributed by atoms with van der Waals surface area (Å²) in [6.07, 6.45) is 2.05. The second-order valence-corrected chi connectivity index (χ2v) is 5.10. The van der Waals surface area contributed by atoms with Crippen molar-refractivity contribution in [3.8, 4) is 11.8 Å². The van der Waals surface area contributed by atoms with Crippen molar-refractivity contribution in [2.75, 3.05) is 0 Å². The Labute approximate surface area is 131 Å². The number of fused-ring (bicyclic) bond motifs is 1. The standard InChI is InChI=1S/C18H13FN2O2/c1-12(22)16-11-20-17-10-14(7-8-21(17)18(16)23)6-5-13-3-2-4-15(19)9-13/h2-4,7-12,22H,1H3. The summed E-state index contributed by atoms with van der Waals surface area (Å²) in [4.78, 5) is 16.4. The fraction of sp³-hybridized carbons (Fsp3) is 0.111. The highest BCUT2D eigenvalue weighted by Crippen LogP contribution is 2.08. The first-order valence-corrected chi connectivity index (χ1v) is 7.01. The van der Waals surface area contributed by atoms with Crippen LogP contribution in [0.3, 0.4) is 0 Å². The van der Waals surface area contributed by atoms with E-state index in [0.29, 0.717) is 16.8 Å². The smallest absolute Gasteiger partial charge is 0.263 e. The molecule has 0 fully saturated rings. The number of hydrogen-bond donors (Lipinski definition) is 1. The summed E-state index contributed by atoms with van der Waals surface area (Å²) in [5.41, 5.74) is 1.59. The molecule has 0 aliphatic rings. The lowest BCUT2D eigenvalue weighted by atomic mass is 10.2. The minimum absolute atomic E-state index is 0.237. The van der Waals surface area contributed by atoms with Crippen LogP contribution in [0, 0.1) is 17.7 Å². The van der Waals surface area contributed by atoms with Crippen molar-refractivity contribution in [1.29, 1.82) is 0 Å². The average Bonchev–Trinajstić information content (AvgIpc) is 2.53. The highest BCUT2D eigenvalue weighted by atomic mass is 19.1. The number of halogens is 1. The molecule has 1 unspecified atom stereocenters. The van der Waals surface area contributed by atoms with E-state index in [1.54, 1.807) is 30.5 Å². The Balaban J connectivity index is 2.02. The first-order chi connectivity index (χ1) is 11.0. The van der Waals surface area contributed by atoms with Crippen LogP contribution in [0.5, 0.6) is 0 Å². The van der Waals surface area contributed by atoms with Gasteiger partial charge in [0.1, 0.15) is 11.5 Å². The number of aliphatic hydroxyl groups excluding tert-OH is 1. The third-order valence-corrected chi connectivity index (χ3v) is 3.36. The molecule has 1 aromatic carbocycles. The molecule has 3 rings (SSSR count). The summed E-state index contributed by atoms with van der Waals surface area (Å²) in [6, 6.07) is 9.37. The topological polar surface area (TPSA) is 54.6 Å².